The van der Waals surface area contributed by atoms with Crippen molar-refractivity contribution >= 4 is 11.8 Å². The molecule has 2 rings (SSSR count). The highest BCUT2D eigenvalue weighted by Crippen LogP contribution is 2.11. The van der Waals surface area contributed by atoms with Gasteiger partial charge in [0.05, 0.1) is 6.20 Å². The summed E-state index contributed by atoms with van der Waals surface area (Å²) in [6, 6.07) is 8.83. The predicted molar refractivity (Wildman–Crippen MR) is 50.8 cm³/mol. The maximum absolute atomic E-state index is 11.7. The third-order valence-electron chi connectivity index (χ3n) is 1.78. The van der Waals surface area contributed by atoms with Crippen LogP contribution in [-0.2, 0) is 0 Å². The van der Waals surface area contributed by atoms with E-state index < -0.39 is 0 Å². The summed E-state index contributed by atoms with van der Waals surface area (Å²) in [7, 11) is 0. The highest BCUT2D eigenvalue weighted by Gasteiger charge is 2.12. The number of carbonyl (C=O) groups is 1. The zero-order valence-corrected chi connectivity index (χ0v) is 7.31. The average molecular weight is 188 g/mol. The number of nitrogens with zero attached hydrogens (tertiary/aromatic N) is 1. The molecule has 0 saturated carbocycles. The molecule has 0 radical (unpaired) electrons. The molecule has 1 aromatic carbocycles. The van der Waals surface area contributed by atoms with Crippen LogP contribution in [0.4, 0.5) is 6.01 Å². The van der Waals surface area contributed by atoms with Crippen LogP contribution in [0.2, 0.25) is 0 Å². The summed E-state index contributed by atoms with van der Waals surface area (Å²) < 4.78 is 4.92. The molecule has 1 heterocycles. The first-order chi connectivity index (χ1) is 6.77. The number of benzene rings is 1. The Kier molecular flexibility index (Phi) is 2.02. The van der Waals surface area contributed by atoms with Crippen LogP contribution in [0.3, 0.4) is 0 Å². The van der Waals surface area contributed by atoms with E-state index in [0.29, 0.717) is 5.56 Å². The predicted octanol–water partition coefficient (Wildman–Crippen LogP) is 1.49. The van der Waals surface area contributed by atoms with Gasteiger partial charge in [0.2, 0.25) is 5.78 Å². The molecule has 14 heavy (non-hydrogen) atoms. The van der Waals surface area contributed by atoms with Gasteiger partial charge in [0.25, 0.3) is 6.01 Å². The largest absolute Gasteiger partial charge is 0.420 e. The van der Waals surface area contributed by atoms with E-state index in [4.69, 9.17) is 10.2 Å². The van der Waals surface area contributed by atoms with Crippen molar-refractivity contribution in [2.75, 3.05) is 5.73 Å². The summed E-state index contributed by atoms with van der Waals surface area (Å²) >= 11 is 0. The zero-order chi connectivity index (χ0) is 9.97. The third kappa shape index (κ3) is 1.50. The molecule has 0 fully saturated rings. The zero-order valence-electron chi connectivity index (χ0n) is 7.31. The van der Waals surface area contributed by atoms with E-state index >= 15 is 0 Å². The quantitative estimate of drug-likeness (QED) is 0.725. The second-order valence-corrected chi connectivity index (χ2v) is 2.76. The van der Waals surface area contributed by atoms with Crippen LogP contribution in [0.15, 0.2) is 40.9 Å². The van der Waals surface area contributed by atoms with Crippen LogP contribution in [0.1, 0.15) is 16.1 Å². The van der Waals surface area contributed by atoms with Crippen molar-refractivity contribution in [3.05, 3.63) is 47.9 Å². The van der Waals surface area contributed by atoms with Gasteiger partial charge in [0.1, 0.15) is 0 Å². The van der Waals surface area contributed by atoms with Gasteiger partial charge in [-0.15, -0.1) is 0 Å². The van der Waals surface area contributed by atoms with Crippen LogP contribution in [0.25, 0.3) is 0 Å². The molecule has 4 nitrogen and oxygen atoms in total. The minimum atomic E-state index is -0.213. The van der Waals surface area contributed by atoms with Gasteiger partial charge in [-0.3, -0.25) is 4.79 Å². The summed E-state index contributed by atoms with van der Waals surface area (Å²) in [6.45, 7) is 0. The average Bonchev–Trinajstić information content (AvgIpc) is 2.65. The molecular formula is C10H8N2O2. The molecule has 0 amide bonds. The molecule has 70 valence electrons. The van der Waals surface area contributed by atoms with E-state index in [1.54, 1.807) is 24.3 Å². The Morgan fingerprint density at radius 1 is 1.29 bits per heavy atom. The molecule has 2 aromatic rings. The Balaban J connectivity index is 2.34. The molecule has 0 unspecified atom stereocenters. The van der Waals surface area contributed by atoms with Crippen molar-refractivity contribution in [1.82, 2.24) is 4.98 Å². The number of nitrogens with two attached hydrogens (primary N) is 1. The van der Waals surface area contributed by atoms with Crippen LogP contribution in [-0.4, -0.2) is 10.8 Å². The number of aromatic nitrogens is 1. The number of hydrogen-bond acceptors (Lipinski definition) is 4. The number of oxazole rings is 1. The van der Waals surface area contributed by atoms with E-state index in [-0.39, 0.29) is 17.6 Å². The second-order valence-electron chi connectivity index (χ2n) is 2.76. The lowest BCUT2D eigenvalue weighted by molar-refractivity contribution is 0.101. The van der Waals surface area contributed by atoms with Gasteiger partial charge in [-0.05, 0) is 0 Å². The van der Waals surface area contributed by atoms with Crippen molar-refractivity contribution in [1.29, 1.82) is 0 Å². The Labute approximate surface area is 80.4 Å². The lowest BCUT2D eigenvalue weighted by Crippen LogP contribution is -1.98. The van der Waals surface area contributed by atoms with Crippen molar-refractivity contribution < 1.29 is 9.21 Å². The van der Waals surface area contributed by atoms with E-state index in [2.05, 4.69) is 4.98 Å². The number of nitrogen functional groups attached to an aromatic ring is 1. The van der Waals surface area contributed by atoms with Gasteiger partial charge >= 0.3 is 0 Å². The maximum atomic E-state index is 11.7. The van der Waals surface area contributed by atoms with Crippen molar-refractivity contribution in [3.8, 4) is 0 Å². The second kappa shape index (κ2) is 3.33. The molecule has 2 N–H and O–H groups in total. The molecule has 0 aliphatic rings. The van der Waals surface area contributed by atoms with Gasteiger partial charge in [0, 0.05) is 5.56 Å². The first-order valence-electron chi connectivity index (χ1n) is 4.08. The standard InChI is InChI=1S/C10H8N2O2/c11-10-12-6-8(14-10)9(13)7-4-2-1-3-5-7/h1-6H,(H2,11,12). The van der Waals surface area contributed by atoms with E-state index in [0.717, 1.165) is 0 Å². The summed E-state index contributed by atoms with van der Waals surface area (Å²) in [4.78, 5) is 15.3. The van der Waals surface area contributed by atoms with Crippen LogP contribution in [0, 0.1) is 0 Å². The van der Waals surface area contributed by atoms with Crippen molar-refractivity contribution in [2.45, 2.75) is 0 Å². The maximum Gasteiger partial charge on any atom is 0.292 e. The molecule has 0 aliphatic carbocycles. The summed E-state index contributed by atoms with van der Waals surface area (Å²) in [6.07, 6.45) is 1.32. The minimum absolute atomic E-state index is 0.00396. The minimum Gasteiger partial charge on any atom is -0.420 e. The number of anilines is 1. The monoisotopic (exact) mass is 188 g/mol. The van der Waals surface area contributed by atoms with E-state index in [1.807, 2.05) is 6.07 Å². The lowest BCUT2D eigenvalue weighted by Gasteiger charge is -1.94. The number of rotatable bonds is 2. The first kappa shape index (κ1) is 8.50. The van der Waals surface area contributed by atoms with Gasteiger partial charge < -0.3 is 10.2 Å². The summed E-state index contributed by atoms with van der Waals surface area (Å²) in [5, 5.41) is 0. The smallest absolute Gasteiger partial charge is 0.292 e. The molecule has 0 aliphatic heterocycles. The fraction of sp³-hybridized carbons (Fsp3) is 0. The third-order valence-corrected chi connectivity index (χ3v) is 1.78. The Morgan fingerprint density at radius 3 is 2.57 bits per heavy atom. The van der Waals surface area contributed by atoms with E-state index in [1.165, 1.54) is 6.20 Å². The van der Waals surface area contributed by atoms with Crippen LogP contribution >= 0.6 is 0 Å². The van der Waals surface area contributed by atoms with Crippen LogP contribution < -0.4 is 5.73 Å². The molecule has 0 saturated heterocycles. The topological polar surface area (TPSA) is 69.1 Å². The highest BCUT2D eigenvalue weighted by atomic mass is 16.4. The van der Waals surface area contributed by atoms with E-state index in [9.17, 15) is 4.79 Å². The number of carbonyl (C=O) groups excluding carboxylic acids is 1. The van der Waals surface area contributed by atoms with Gasteiger partial charge in [-0.25, -0.2) is 4.98 Å². The molecule has 1 aromatic heterocycles. The Morgan fingerprint density at radius 2 is 2.00 bits per heavy atom. The highest BCUT2D eigenvalue weighted by molar-refractivity contribution is 6.06. The number of ketones is 1. The van der Waals surface area contributed by atoms with Crippen molar-refractivity contribution in [3.63, 3.8) is 0 Å². The molecule has 0 bridgehead atoms. The first-order valence-corrected chi connectivity index (χ1v) is 4.08. The summed E-state index contributed by atoms with van der Waals surface area (Å²) in [5.41, 5.74) is 5.82. The Hall–Kier alpha value is -2.10. The van der Waals surface area contributed by atoms with Gasteiger partial charge in [0.15, 0.2) is 5.76 Å². The SMILES string of the molecule is Nc1ncc(C(=O)c2ccccc2)o1. The molecule has 0 spiro atoms. The van der Waals surface area contributed by atoms with Crippen molar-refractivity contribution in [2.24, 2.45) is 0 Å². The Bertz CT molecular complexity index is 448. The lowest BCUT2D eigenvalue weighted by atomic mass is 10.1. The molecule has 0 atom stereocenters. The number of hydrogen-bond donors (Lipinski definition) is 1. The van der Waals surface area contributed by atoms with Crippen LogP contribution in [0.5, 0.6) is 0 Å². The normalized spacial score (nSPS) is 10.0. The molecular weight excluding hydrogens is 180 g/mol. The van der Waals surface area contributed by atoms with Gasteiger partial charge in [-0.2, -0.15) is 0 Å². The summed E-state index contributed by atoms with van der Waals surface area (Å²) in [5.74, 6) is -0.0523. The van der Waals surface area contributed by atoms with Gasteiger partial charge in [-0.1, -0.05) is 30.3 Å². The fourth-order valence-electron chi connectivity index (χ4n) is 1.12. The fourth-order valence-corrected chi connectivity index (χ4v) is 1.12. The molecule has 4 heteroatoms.